The molecule has 3 nitrogen and oxygen atoms in total. The Labute approximate surface area is 139 Å². The van der Waals surface area contributed by atoms with E-state index in [-0.39, 0.29) is 5.41 Å². The number of rotatable bonds is 5. The number of hydrogen-bond donors (Lipinski definition) is 1. The molecule has 2 aromatic rings. The van der Waals surface area contributed by atoms with Gasteiger partial charge in [0.1, 0.15) is 5.75 Å². The van der Waals surface area contributed by atoms with Crippen LogP contribution in [0.2, 0.25) is 0 Å². The molecule has 0 spiro atoms. The molecule has 1 saturated heterocycles. The van der Waals surface area contributed by atoms with E-state index in [0.29, 0.717) is 0 Å². The lowest BCUT2D eigenvalue weighted by atomic mass is 9.90. The standard InChI is InChI=1S/C20H26N2O/c1-20(14-21)11-12-22(15-20)13-16-7-9-17(10-8-16)18-5-3-4-6-19(18)23-2/h3-10H,11-15,21H2,1-2H3. The zero-order valence-electron chi connectivity index (χ0n) is 14.1. The Bertz CT molecular complexity index is 653. The Hall–Kier alpha value is -1.84. The zero-order chi connectivity index (χ0) is 16.3. The molecule has 2 N–H and O–H groups in total. The second-order valence-corrected chi connectivity index (χ2v) is 6.87. The van der Waals surface area contributed by atoms with E-state index in [4.69, 9.17) is 10.5 Å². The number of benzene rings is 2. The van der Waals surface area contributed by atoms with E-state index in [1.165, 1.54) is 17.5 Å². The Morgan fingerprint density at radius 2 is 1.87 bits per heavy atom. The SMILES string of the molecule is COc1ccccc1-c1ccc(CN2CCC(C)(CN)C2)cc1. The summed E-state index contributed by atoms with van der Waals surface area (Å²) in [5.41, 5.74) is 9.87. The first-order valence-electron chi connectivity index (χ1n) is 8.28. The molecule has 3 heteroatoms. The van der Waals surface area contributed by atoms with Crippen molar-refractivity contribution in [1.29, 1.82) is 0 Å². The zero-order valence-corrected chi connectivity index (χ0v) is 14.1. The molecule has 1 aliphatic heterocycles. The summed E-state index contributed by atoms with van der Waals surface area (Å²) in [7, 11) is 1.72. The number of hydrogen-bond acceptors (Lipinski definition) is 3. The lowest BCUT2D eigenvalue weighted by Gasteiger charge is -2.22. The Balaban J connectivity index is 1.71. The third-order valence-electron chi connectivity index (χ3n) is 4.91. The summed E-state index contributed by atoms with van der Waals surface area (Å²) in [6.07, 6.45) is 1.20. The Morgan fingerprint density at radius 3 is 2.52 bits per heavy atom. The summed E-state index contributed by atoms with van der Waals surface area (Å²) in [5, 5.41) is 0. The second kappa shape index (κ2) is 6.73. The number of para-hydroxylation sites is 1. The van der Waals surface area contributed by atoms with Gasteiger partial charge in [0.2, 0.25) is 0 Å². The fourth-order valence-corrected chi connectivity index (χ4v) is 3.36. The molecule has 0 radical (unpaired) electrons. The van der Waals surface area contributed by atoms with Crippen molar-refractivity contribution in [1.82, 2.24) is 4.90 Å². The average molecular weight is 310 g/mol. The molecule has 0 aromatic heterocycles. The van der Waals surface area contributed by atoms with Gasteiger partial charge in [-0.1, -0.05) is 49.4 Å². The van der Waals surface area contributed by atoms with Crippen LogP contribution >= 0.6 is 0 Å². The van der Waals surface area contributed by atoms with Crippen LogP contribution in [0.5, 0.6) is 5.75 Å². The number of likely N-dealkylation sites (tertiary alicyclic amines) is 1. The van der Waals surface area contributed by atoms with Crippen molar-refractivity contribution in [2.24, 2.45) is 11.1 Å². The maximum absolute atomic E-state index is 5.90. The van der Waals surface area contributed by atoms with Crippen LogP contribution in [-0.4, -0.2) is 31.6 Å². The summed E-state index contributed by atoms with van der Waals surface area (Å²) >= 11 is 0. The van der Waals surface area contributed by atoms with Gasteiger partial charge >= 0.3 is 0 Å². The van der Waals surface area contributed by atoms with Crippen molar-refractivity contribution in [3.05, 3.63) is 54.1 Å². The lowest BCUT2D eigenvalue weighted by molar-refractivity contribution is 0.274. The van der Waals surface area contributed by atoms with Crippen molar-refractivity contribution in [3.8, 4) is 16.9 Å². The lowest BCUT2D eigenvalue weighted by Crippen LogP contribution is -2.31. The van der Waals surface area contributed by atoms with Gasteiger partial charge in [0.25, 0.3) is 0 Å². The predicted molar refractivity (Wildman–Crippen MR) is 95.5 cm³/mol. The van der Waals surface area contributed by atoms with Crippen molar-refractivity contribution in [3.63, 3.8) is 0 Å². The van der Waals surface area contributed by atoms with E-state index in [0.717, 1.165) is 37.5 Å². The summed E-state index contributed by atoms with van der Waals surface area (Å²) in [6, 6.07) is 17.0. The molecule has 1 unspecified atom stereocenters. The molecule has 0 saturated carbocycles. The van der Waals surface area contributed by atoms with Gasteiger partial charge in [0.05, 0.1) is 7.11 Å². The minimum atomic E-state index is 0.289. The first-order chi connectivity index (χ1) is 11.1. The van der Waals surface area contributed by atoms with E-state index in [1.807, 2.05) is 18.2 Å². The topological polar surface area (TPSA) is 38.5 Å². The van der Waals surface area contributed by atoms with Crippen molar-refractivity contribution in [2.75, 3.05) is 26.7 Å². The Kier molecular flexibility index (Phi) is 4.69. The van der Waals surface area contributed by atoms with Crippen molar-refractivity contribution >= 4 is 0 Å². The van der Waals surface area contributed by atoms with E-state index in [1.54, 1.807) is 7.11 Å². The van der Waals surface area contributed by atoms with Gasteiger partial charge in [-0.3, -0.25) is 4.90 Å². The molecule has 3 rings (SSSR count). The minimum Gasteiger partial charge on any atom is -0.496 e. The first kappa shape index (κ1) is 16.0. The Morgan fingerprint density at radius 1 is 1.13 bits per heavy atom. The molecule has 1 fully saturated rings. The largest absolute Gasteiger partial charge is 0.496 e. The van der Waals surface area contributed by atoms with Gasteiger partial charge in [0, 0.05) is 18.7 Å². The predicted octanol–water partition coefficient (Wildman–Crippen LogP) is 3.53. The van der Waals surface area contributed by atoms with E-state index in [9.17, 15) is 0 Å². The number of nitrogens with two attached hydrogens (primary N) is 1. The molecule has 122 valence electrons. The maximum Gasteiger partial charge on any atom is 0.126 e. The highest BCUT2D eigenvalue weighted by Crippen LogP contribution is 2.31. The third kappa shape index (κ3) is 3.57. The highest BCUT2D eigenvalue weighted by atomic mass is 16.5. The maximum atomic E-state index is 5.90. The van der Waals surface area contributed by atoms with E-state index in [2.05, 4.69) is 42.2 Å². The fourth-order valence-electron chi connectivity index (χ4n) is 3.36. The molecule has 0 bridgehead atoms. The van der Waals surface area contributed by atoms with Crippen molar-refractivity contribution in [2.45, 2.75) is 19.9 Å². The molecule has 0 aliphatic carbocycles. The number of nitrogens with zero attached hydrogens (tertiary/aromatic N) is 1. The molecule has 1 atom stereocenters. The molecular formula is C20H26N2O. The highest BCUT2D eigenvalue weighted by molar-refractivity contribution is 5.70. The molecule has 23 heavy (non-hydrogen) atoms. The molecule has 1 heterocycles. The average Bonchev–Trinajstić information content (AvgIpc) is 2.97. The van der Waals surface area contributed by atoms with E-state index >= 15 is 0 Å². The van der Waals surface area contributed by atoms with Gasteiger partial charge in [-0.05, 0) is 42.1 Å². The fraction of sp³-hybridized carbons (Fsp3) is 0.400. The third-order valence-corrected chi connectivity index (χ3v) is 4.91. The quantitative estimate of drug-likeness (QED) is 0.918. The highest BCUT2D eigenvalue weighted by Gasteiger charge is 2.32. The summed E-state index contributed by atoms with van der Waals surface area (Å²) in [4.78, 5) is 2.50. The molecule has 0 amide bonds. The van der Waals surface area contributed by atoms with Crippen LogP contribution in [-0.2, 0) is 6.54 Å². The van der Waals surface area contributed by atoms with Gasteiger partial charge in [0.15, 0.2) is 0 Å². The summed E-state index contributed by atoms with van der Waals surface area (Å²) < 4.78 is 5.45. The van der Waals surface area contributed by atoms with Crippen LogP contribution in [0.4, 0.5) is 0 Å². The van der Waals surface area contributed by atoms with E-state index < -0.39 is 0 Å². The molecular weight excluding hydrogens is 284 g/mol. The molecule has 2 aromatic carbocycles. The van der Waals surface area contributed by atoms with Gasteiger partial charge in [-0.25, -0.2) is 0 Å². The van der Waals surface area contributed by atoms with Crippen LogP contribution in [0.15, 0.2) is 48.5 Å². The van der Waals surface area contributed by atoms with Crippen LogP contribution in [0.1, 0.15) is 18.9 Å². The summed E-state index contributed by atoms with van der Waals surface area (Å²) in [6.45, 7) is 6.30. The normalized spacial score (nSPS) is 21.5. The molecule has 1 aliphatic rings. The van der Waals surface area contributed by atoms with Gasteiger partial charge < -0.3 is 10.5 Å². The second-order valence-electron chi connectivity index (χ2n) is 6.87. The number of methoxy groups -OCH3 is 1. The van der Waals surface area contributed by atoms with Crippen LogP contribution in [0, 0.1) is 5.41 Å². The smallest absolute Gasteiger partial charge is 0.126 e. The minimum absolute atomic E-state index is 0.289. The van der Waals surface area contributed by atoms with Gasteiger partial charge in [-0.2, -0.15) is 0 Å². The number of ether oxygens (including phenoxy) is 1. The first-order valence-corrected chi connectivity index (χ1v) is 8.28. The summed E-state index contributed by atoms with van der Waals surface area (Å²) in [5.74, 6) is 0.915. The van der Waals surface area contributed by atoms with Crippen LogP contribution in [0.25, 0.3) is 11.1 Å². The van der Waals surface area contributed by atoms with Crippen LogP contribution < -0.4 is 10.5 Å². The van der Waals surface area contributed by atoms with Crippen LogP contribution in [0.3, 0.4) is 0 Å². The monoisotopic (exact) mass is 310 g/mol. The van der Waals surface area contributed by atoms with Crippen molar-refractivity contribution < 1.29 is 4.74 Å². The van der Waals surface area contributed by atoms with Gasteiger partial charge in [-0.15, -0.1) is 0 Å².